The van der Waals surface area contributed by atoms with Crippen molar-refractivity contribution in [2.45, 2.75) is 18.3 Å². The summed E-state index contributed by atoms with van der Waals surface area (Å²) in [6, 6.07) is 58.1. The molecule has 0 radical (unpaired) electrons. The predicted molar refractivity (Wildman–Crippen MR) is 257 cm³/mol. The van der Waals surface area contributed by atoms with E-state index < -0.39 is 0 Å². The van der Waals surface area contributed by atoms with Crippen molar-refractivity contribution in [1.82, 2.24) is 24.5 Å². The normalized spacial score (nSPS) is 17.6. The molecule has 3 atom stereocenters. The minimum absolute atomic E-state index is 0.186. The van der Waals surface area contributed by atoms with Gasteiger partial charge in [-0.3, -0.25) is 0 Å². The molecule has 63 heavy (non-hydrogen) atoms. The van der Waals surface area contributed by atoms with Gasteiger partial charge < -0.3 is 4.57 Å². The summed E-state index contributed by atoms with van der Waals surface area (Å²) < 4.78 is 2.51. The highest BCUT2D eigenvalue weighted by Gasteiger charge is 2.34. The fourth-order valence-corrected chi connectivity index (χ4v) is 9.77. The minimum Gasteiger partial charge on any atom is -0.312 e. The van der Waals surface area contributed by atoms with Crippen LogP contribution in [-0.2, 0) is 0 Å². The zero-order valence-electron chi connectivity index (χ0n) is 34.5. The lowest BCUT2D eigenvalue weighted by Gasteiger charge is -2.31. The summed E-state index contributed by atoms with van der Waals surface area (Å²) in [5.74, 6) is 1.37. The number of fused-ring (bicyclic) bond motifs is 6. The smallest absolute Gasteiger partial charge is 0.160 e. The Kier molecular flexibility index (Phi) is 9.03. The standard InChI is InChI=1S/C58H41N5/c1-3-14-40(15-4-1)52-36-53(41-16-5-2-6-17-41)62-58(61-52)45-20-13-19-43(34-45)50-35-44-18-7-8-21-47(44)57-55(50)49-23-10-12-25-54(49)63(57)46-32-30-39(31-33-46)38-26-28-42(29-27-38)56-48-22-9-11-24-51(48)59-37-60-56/h1-26,28-38,44,47H,27H2. The quantitative estimate of drug-likeness (QED) is 0.161. The maximum atomic E-state index is 5.19. The lowest BCUT2D eigenvalue weighted by Crippen LogP contribution is -2.19. The first-order chi connectivity index (χ1) is 31.2. The van der Waals surface area contributed by atoms with Crippen molar-refractivity contribution in [2.75, 3.05) is 0 Å². The van der Waals surface area contributed by atoms with E-state index in [2.05, 4.69) is 203 Å². The first-order valence-corrected chi connectivity index (χ1v) is 21.7. The van der Waals surface area contributed by atoms with Crippen LogP contribution in [0.2, 0.25) is 0 Å². The Morgan fingerprint density at radius 2 is 1.24 bits per heavy atom. The minimum atomic E-state index is 0.186. The highest BCUT2D eigenvalue weighted by molar-refractivity contribution is 6.02. The molecule has 0 fully saturated rings. The van der Waals surface area contributed by atoms with Crippen molar-refractivity contribution in [3.63, 3.8) is 0 Å². The lowest BCUT2D eigenvalue weighted by molar-refractivity contribution is 0.658. The van der Waals surface area contributed by atoms with Gasteiger partial charge in [0, 0.05) is 62.2 Å². The Labute approximate surface area is 366 Å². The second kappa shape index (κ2) is 15.5. The van der Waals surface area contributed by atoms with E-state index in [1.54, 1.807) is 6.33 Å². The molecule has 3 heterocycles. The Hall–Kier alpha value is -8.02. The Bertz CT molecular complexity index is 3310. The largest absolute Gasteiger partial charge is 0.312 e. The molecule has 3 aliphatic carbocycles. The fraction of sp³-hybridized carbons (Fsp3) is 0.0690. The summed E-state index contributed by atoms with van der Waals surface area (Å²) in [7, 11) is 0. The number of benzene rings is 6. The van der Waals surface area contributed by atoms with E-state index in [1.165, 1.54) is 33.3 Å². The van der Waals surface area contributed by atoms with Crippen LogP contribution in [0.15, 0.2) is 219 Å². The van der Waals surface area contributed by atoms with E-state index in [1.807, 2.05) is 24.3 Å². The second-order valence-electron chi connectivity index (χ2n) is 16.5. The summed E-state index contributed by atoms with van der Waals surface area (Å²) in [4.78, 5) is 19.5. The van der Waals surface area contributed by atoms with Crippen LogP contribution < -0.4 is 0 Å². The van der Waals surface area contributed by atoms with Crippen LogP contribution in [0.4, 0.5) is 0 Å². The van der Waals surface area contributed by atoms with E-state index >= 15 is 0 Å². The third-order valence-electron chi connectivity index (χ3n) is 12.8. The number of hydrogen-bond donors (Lipinski definition) is 0. The van der Waals surface area contributed by atoms with E-state index in [0.29, 0.717) is 5.82 Å². The molecule has 3 unspecified atom stereocenters. The highest BCUT2D eigenvalue weighted by atomic mass is 15.0. The maximum absolute atomic E-state index is 5.19. The van der Waals surface area contributed by atoms with Crippen molar-refractivity contribution in [3.8, 4) is 39.6 Å². The van der Waals surface area contributed by atoms with Crippen molar-refractivity contribution >= 4 is 33.0 Å². The molecule has 0 spiro atoms. The van der Waals surface area contributed by atoms with Crippen LogP contribution in [0.3, 0.4) is 0 Å². The van der Waals surface area contributed by atoms with Crippen LogP contribution >= 0.6 is 0 Å². The van der Waals surface area contributed by atoms with Crippen LogP contribution in [-0.4, -0.2) is 24.5 Å². The highest BCUT2D eigenvalue weighted by Crippen LogP contribution is 2.49. The van der Waals surface area contributed by atoms with Crippen LogP contribution in [0.1, 0.15) is 46.3 Å². The molecule has 0 saturated heterocycles. The molecular weight excluding hydrogens is 767 g/mol. The van der Waals surface area contributed by atoms with Gasteiger partial charge in [-0.25, -0.2) is 19.9 Å². The van der Waals surface area contributed by atoms with Gasteiger partial charge in [0.2, 0.25) is 0 Å². The summed E-state index contributed by atoms with van der Waals surface area (Å²) in [6.07, 6.45) is 21.1. The molecule has 0 bridgehead atoms. The number of nitrogens with zero attached hydrogens (tertiary/aromatic N) is 5. The van der Waals surface area contributed by atoms with Gasteiger partial charge in [0.1, 0.15) is 6.33 Å². The third-order valence-corrected chi connectivity index (χ3v) is 12.8. The van der Waals surface area contributed by atoms with Crippen molar-refractivity contribution < 1.29 is 0 Å². The molecular formula is C58H41N5. The molecule has 0 aliphatic heterocycles. The van der Waals surface area contributed by atoms with Crippen LogP contribution in [0.25, 0.3) is 72.5 Å². The molecule has 5 heteroatoms. The van der Waals surface area contributed by atoms with Gasteiger partial charge in [0.05, 0.1) is 28.1 Å². The monoisotopic (exact) mass is 807 g/mol. The molecule has 0 saturated carbocycles. The number of rotatable bonds is 7. The molecule has 3 aliphatic rings. The summed E-state index contributed by atoms with van der Waals surface area (Å²) in [5.41, 5.74) is 16.6. The first kappa shape index (κ1) is 36.8. The molecule has 9 aromatic rings. The van der Waals surface area contributed by atoms with Crippen LogP contribution in [0, 0.1) is 5.92 Å². The van der Waals surface area contributed by atoms with Gasteiger partial charge in [-0.1, -0.05) is 176 Å². The zero-order valence-corrected chi connectivity index (χ0v) is 34.5. The number of hydrogen-bond acceptors (Lipinski definition) is 4. The fourth-order valence-electron chi connectivity index (χ4n) is 9.77. The Morgan fingerprint density at radius 3 is 2.00 bits per heavy atom. The number of para-hydroxylation sites is 2. The zero-order chi connectivity index (χ0) is 41.7. The first-order valence-electron chi connectivity index (χ1n) is 21.7. The molecule has 5 nitrogen and oxygen atoms in total. The van der Waals surface area contributed by atoms with E-state index in [0.717, 1.165) is 67.9 Å². The molecule has 3 aromatic heterocycles. The topological polar surface area (TPSA) is 56.5 Å². The van der Waals surface area contributed by atoms with Crippen molar-refractivity contribution in [3.05, 3.63) is 247 Å². The average molecular weight is 808 g/mol. The third kappa shape index (κ3) is 6.57. The molecule has 12 rings (SSSR count). The molecule has 298 valence electrons. The van der Waals surface area contributed by atoms with Crippen molar-refractivity contribution in [2.24, 2.45) is 5.92 Å². The van der Waals surface area contributed by atoms with Crippen LogP contribution in [0.5, 0.6) is 0 Å². The molecule has 0 amide bonds. The maximum Gasteiger partial charge on any atom is 0.160 e. The van der Waals surface area contributed by atoms with E-state index in [-0.39, 0.29) is 17.8 Å². The summed E-state index contributed by atoms with van der Waals surface area (Å²) >= 11 is 0. The summed E-state index contributed by atoms with van der Waals surface area (Å²) in [5, 5.41) is 2.32. The second-order valence-corrected chi connectivity index (χ2v) is 16.5. The van der Waals surface area contributed by atoms with Gasteiger partial charge in [0.25, 0.3) is 0 Å². The predicted octanol–water partition coefficient (Wildman–Crippen LogP) is 13.8. The van der Waals surface area contributed by atoms with Crippen molar-refractivity contribution in [1.29, 1.82) is 0 Å². The van der Waals surface area contributed by atoms with Gasteiger partial charge in [0.15, 0.2) is 5.82 Å². The summed E-state index contributed by atoms with van der Waals surface area (Å²) in [6.45, 7) is 0. The Balaban J connectivity index is 0.930. The lowest BCUT2D eigenvalue weighted by atomic mass is 9.75. The number of aromatic nitrogens is 5. The van der Waals surface area contributed by atoms with Gasteiger partial charge >= 0.3 is 0 Å². The SMILES string of the molecule is C1=CC2C=C(c3cccc(-c4nc(-c5ccccc5)cc(-c5ccccc5)n4)c3)c3c(n(-c4ccc(C5C=CC(c6ncnc7ccccc67)=CC5)cc4)c4ccccc34)C2C=C1. The van der Waals surface area contributed by atoms with Gasteiger partial charge in [-0.15, -0.1) is 0 Å². The molecule has 0 N–H and O–H groups in total. The Morgan fingerprint density at radius 1 is 0.556 bits per heavy atom. The van der Waals surface area contributed by atoms with Gasteiger partial charge in [-0.2, -0.15) is 0 Å². The molecule has 6 aromatic carbocycles. The average Bonchev–Trinajstić information content (AvgIpc) is 3.72. The van der Waals surface area contributed by atoms with Gasteiger partial charge in [-0.05, 0) is 65.1 Å². The number of allylic oxidation sites excluding steroid dienone is 9. The van der Waals surface area contributed by atoms with E-state index in [4.69, 9.17) is 9.97 Å². The van der Waals surface area contributed by atoms with E-state index in [9.17, 15) is 0 Å².